The fourth-order valence-electron chi connectivity index (χ4n) is 2.32. The van der Waals surface area contributed by atoms with Crippen molar-refractivity contribution in [2.45, 2.75) is 33.2 Å². The minimum atomic E-state index is -0.188. The number of hydrogen-bond donors (Lipinski definition) is 2. The van der Waals surface area contributed by atoms with E-state index in [-0.39, 0.29) is 18.6 Å². The van der Waals surface area contributed by atoms with E-state index in [0.29, 0.717) is 10.8 Å². The second-order valence-corrected chi connectivity index (χ2v) is 6.55. The van der Waals surface area contributed by atoms with Crippen molar-refractivity contribution in [3.8, 4) is 0 Å². The predicted molar refractivity (Wildman–Crippen MR) is 81.1 cm³/mol. The summed E-state index contributed by atoms with van der Waals surface area (Å²) < 4.78 is 1.80. The van der Waals surface area contributed by atoms with Gasteiger partial charge in [0.05, 0.1) is 23.2 Å². The Kier molecular flexibility index (Phi) is 4.45. The Hall–Kier alpha value is -1.40. The topological polar surface area (TPSA) is 67.2 Å². The van der Waals surface area contributed by atoms with Crippen molar-refractivity contribution in [2.24, 2.45) is 13.0 Å². The summed E-state index contributed by atoms with van der Waals surface area (Å²) in [6.45, 7) is 6.05. The number of rotatable bonds is 5. The Labute approximate surface area is 122 Å². The van der Waals surface area contributed by atoms with Crippen LogP contribution in [0.2, 0.25) is 0 Å². The predicted octanol–water partition coefficient (Wildman–Crippen LogP) is 2.08. The highest BCUT2D eigenvalue weighted by molar-refractivity contribution is 7.20. The second-order valence-electron chi connectivity index (χ2n) is 5.52. The second kappa shape index (κ2) is 5.93. The van der Waals surface area contributed by atoms with Crippen LogP contribution < -0.4 is 5.32 Å². The number of nitrogens with one attached hydrogen (secondary N) is 1. The van der Waals surface area contributed by atoms with Gasteiger partial charge in [0.25, 0.3) is 5.91 Å². The third-order valence-electron chi connectivity index (χ3n) is 3.23. The number of carbonyl (C=O) groups excluding carboxylic acids is 1. The maximum Gasteiger partial charge on any atom is 0.261 e. The quantitative estimate of drug-likeness (QED) is 0.887. The summed E-state index contributed by atoms with van der Waals surface area (Å²) in [5.74, 6) is 0.312. The molecule has 0 aromatic carbocycles. The number of nitrogens with zero attached hydrogens (tertiary/aromatic N) is 2. The first-order chi connectivity index (χ1) is 9.42. The first-order valence-corrected chi connectivity index (χ1v) is 7.58. The molecule has 20 heavy (non-hydrogen) atoms. The molecule has 0 aliphatic heterocycles. The number of aliphatic hydroxyl groups excluding tert-OH is 1. The molecule has 2 aromatic heterocycles. The molecule has 1 unspecified atom stereocenters. The Bertz CT molecular complexity index is 581. The van der Waals surface area contributed by atoms with Crippen molar-refractivity contribution < 1.29 is 9.90 Å². The number of aromatic nitrogens is 2. The molecule has 1 atom stereocenters. The van der Waals surface area contributed by atoms with Gasteiger partial charge in [0.2, 0.25) is 0 Å². The van der Waals surface area contributed by atoms with Crippen LogP contribution in [-0.4, -0.2) is 33.4 Å². The molecule has 0 saturated carbocycles. The van der Waals surface area contributed by atoms with Gasteiger partial charge in [-0.3, -0.25) is 9.48 Å². The maximum absolute atomic E-state index is 12.2. The van der Waals surface area contributed by atoms with E-state index in [1.807, 2.05) is 20.0 Å². The lowest BCUT2D eigenvalue weighted by Gasteiger charge is -2.17. The summed E-state index contributed by atoms with van der Waals surface area (Å²) in [5.41, 5.74) is 0.929. The smallest absolute Gasteiger partial charge is 0.261 e. The molecule has 0 saturated heterocycles. The first-order valence-electron chi connectivity index (χ1n) is 6.77. The molecular weight excluding hydrogens is 274 g/mol. The van der Waals surface area contributed by atoms with Crippen LogP contribution in [0, 0.1) is 12.8 Å². The summed E-state index contributed by atoms with van der Waals surface area (Å²) in [7, 11) is 1.88. The Morgan fingerprint density at radius 1 is 1.55 bits per heavy atom. The number of fused-ring (bicyclic) bond motifs is 1. The van der Waals surface area contributed by atoms with E-state index in [4.69, 9.17) is 0 Å². The third-order valence-corrected chi connectivity index (χ3v) is 4.43. The van der Waals surface area contributed by atoms with Crippen LogP contribution in [0.3, 0.4) is 0 Å². The van der Waals surface area contributed by atoms with Crippen molar-refractivity contribution in [1.29, 1.82) is 0 Å². The lowest BCUT2D eigenvalue weighted by Crippen LogP contribution is -2.38. The van der Waals surface area contributed by atoms with E-state index >= 15 is 0 Å². The van der Waals surface area contributed by atoms with Gasteiger partial charge in [-0.15, -0.1) is 11.3 Å². The summed E-state index contributed by atoms with van der Waals surface area (Å²) in [6.07, 6.45) is 0.772. The fraction of sp³-hybridized carbons (Fsp3) is 0.571. The van der Waals surface area contributed by atoms with Crippen molar-refractivity contribution >= 4 is 27.5 Å². The fourth-order valence-corrected chi connectivity index (χ4v) is 3.35. The van der Waals surface area contributed by atoms with E-state index in [1.54, 1.807) is 4.68 Å². The van der Waals surface area contributed by atoms with Crippen LogP contribution in [0.4, 0.5) is 0 Å². The molecule has 2 N–H and O–H groups in total. The SMILES string of the molecule is Cc1nn(C)c2sc(C(=O)NC(CO)CC(C)C)cc12. The molecule has 0 bridgehead atoms. The average Bonchev–Trinajstić information content (AvgIpc) is 2.91. The van der Waals surface area contributed by atoms with Crippen LogP contribution in [0.1, 0.15) is 35.6 Å². The minimum Gasteiger partial charge on any atom is -0.394 e. The number of amides is 1. The summed E-state index contributed by atoms with van der Waals surface area (Å²) in [4.78, 5) is 13.9. The Morgan fingerprint density at radius 3 is 2.80 bits per heavy atom. The van der Waals surface area contributed by atoms with Gasteiger partial charge in [0.15, 0.2) is 0 Å². The molecule has 6 heteroatoms. The molecule has 5 nitrogen and oxygen atoms in total. The van der Waals surface area contributed by atoms with Crippen molar-refractivity contribution in [3.63, 3.8) is 0 Å². The molecule has 2 aromatic rings. The van der Waals surface area contributed by atoms with E-state index in [0.717, 1.165) is 22.3 Å². The average molecular weight is 295 g/mol. The van der Waals surface area contributed by atoms with Crippen molar-refractivity contribution in [1.82, 2.24) is 15.1 Å². The van der Waals surface area contributed by atoms with E-state index in [1.165, 1.54) is 11.3 Å². The lowest BCUT2D eigenvalue weighted by molar-refractivity contribution is 0.0912. The largest absolute Gasteiger partial charge is 0.394 e. The zero-order chi connectivity index (χ0) is 14.9. The van der Waals surface area contributed by atoms with Crippen LogP contribution in [0.15, 0.2) is 6.07 Å². The molecule has 1 amide bonds. The zero-order valence-electron chi connectivity index (χ0n) is 12.3. The van der Waals surface area contributed by atoms with Gasteiger partial charge >= 0.3 is 0 Å². The highest BCUT2D eigenvalue weighted by Gasteiger charge is 2.18. The number of thiophene rings is 1. The van der Waals surface area contributed by atoms with Crippen LogP contribution in [0.25, 0.3) is 10.2 Å². The van der Waals surface area contributed by atoms with E-state index in [9.17, 15) is 9.90 Å². The highest BCUT2D eigenvalue weighted by Crippen LogP contribution is 2.27. The first kappa shape index (κ1) is 15.0. The highest BCUT2D eigenvalue weighted by atomic mass is 32.1. The van der Waals surface area contributed by atoms with Gasteiger partial charge in [-0.05, 0) is 25.3 Å². The summed E-state index contributed by atoms with van der Waals surface area (Å²) >= 11 is 1.43. The molecular formula is C14H21N3O2S. The summed E-state index contributed by atoms with van der Waals surface area (Å²) in [6, 6.07) is 1.69. The van der Waals surface area contributed by atoms with Gasteiger partial charge in [0.1, 0.15) is 4.83 Å². The standard InChI is InChI=1S/C14H21N3O2S/c1-8(2)5-10(7-18)15-13(19)12-6-11-9(3)16-17(4)14(11)20-12/h6,8,10,18H,5,7H2,1-4H3,(H,15,19). The number of hydrogen-bond acceptors (Lipinski definition) is 4. The van der Waals surface area contributed by atoms with E-state index < -0.39 is 0 Å². The van der Waals surface area contributed by atoms with Gasteiger partial charge in [-0.25, -0.2) is 0 Å². The number of aryl methyl sites for hydroxylation is 2. The van der Waals surface area contributed by atoms with Crippen LogP contribution >= 0.6 is 11.3 Å². The third kappa shape index (κ3) is 3.02. The zero-order valence-corrected chi connectivity index (χ0v) is 13.1. The Morgan fingerprint density at radius 2 is 2.25 bits per heavy atom. The van der Waals surface area contributed by atoms with Gasteiger partial charge in [-0.1, -0.05) is 13.8 Å². The number of carbonyl (C=O) groups is 1. The molecule has 0 aliphatic carbocycles. The molecule has 2 heterocycles. The molecule has 0 radical (unpaired) electrons. The van der Waals surface area contributed by atoms with Crippen molar-refractivity contribution in [3.05, 3.63) is 16.6 Å². The summed E-state index contributed by atoms with van der Waals surface area (Å²) in [5, 5.41) is 17.6. The van der Waals surface area contributed by atoms with Crippen molar-refractivity contribution in [2.75, 3.05) is 6.61 Å². The lowest BCUT2D eigenvalue weighted by atomic mass is 10.0. The Balaban J connectivity index is 2.16. The maximum atomic E-state index is 12.2. The van der Waals surface area contributed by atoms with Crippen LogP contribution in [-0.2, 0) is 7.05 Å². The van der Waals surface area contributed by atoms with Gasteiger partial charge in [-0.2, -0.15) is 5.10 Å². The molecule has 0 fully saturated rings. The van der Waals surface area contributed by atoms with Gasteiger partial charge < -0.3 is 10.4 Å². The van der Waals surface area contributed by atoms with E-state index in [2.05, 4.69) is 24.3 Å². The van der Waals surface area contributed by atoms with Gasteiger partial charge in [0, 0.05) is 12.4 Å². The monoisotopic (exact) mass is 295 g/mol. The number of aliphatic hydroxyl groups is 1. The minimum absolute atomic E-state index is 0.0323. The van der Waals surface area contributed by atoms with Crippen LogP contribution in [0.5, 0.6) is 0 Å². The molecule has 2 rings (SSSR count). The molecule has 0 aliphatic rings. The molecule has 0 spiro atoms. The molecule has 110 valence electrons. The normalized spacial score (nSPS) is 13.1.